The fourth-order valence-electron chi connectivity index (χ4n) is 5.14. The summed E-state index contributed by atoms with van der Waals surface area (Å²) >= 11 is 0. The van der Waals surface area contributed by atoms with Crippen molar-refractivity contribution in [3.63, 3.8) is 0 Å². The highest BCUT2D eigenvalue weighted by atomic mass is 31.1. The van der Waals surface area contributed by atoms with Gasteiger partial charge in [-0.1, -0.05) is 127 Å². The molecule has 0 aliphatic rings. The van der Waals surface area contributed by atoms with E-state index in [9.17, 15) is 9.59 Å². The lowest BCUT2D eigenvalue weighted by Crippen LogP contribution is -2.22. The molecule has 5 rings (SSSR count). The third-order valence-electron chi connectivity index (χ3n) is 6.86. The van der Waals surface area contributed by atoms with Gasteiger partial charge < -0.3 is 0 Å². The molecule has 5 aromatic rings. The van der Waals surface area contributed by atoms with Crippen molar-refractivity contribution in [2.45, 2.75) is 20.8 Å². The van der Waals surface area contributed by atoms with Crippen LogP contribution >= 0.6 is 15.8 Å². The van der Waals surface area contributed by atoms with Crippen LogP contribution in [0.25, 0.3) is 0 Å². The van der Waals surface area contributed by atoms with E-state index < -0.39 is 15.8 Å². The Morgan fingerprint density at radius 1 is 0.436 bits per heavy atom. The summed E-state index contributed by atoms with van der Waals surface area (Å²) in [6, 6.07) is 42.0. The van der Waals surface area contributed by atoms with Crippen molar-refractivity contribution >= 4 is 48.1 Å². The Bertz CT molecular complexity index is 1400. The van der Waals surface area contributed by atoms with Crippen LogP contribution < -0.4 is 21.2 Å². The van der Waals surface area contributed by atoms with E-state index in [2.05, 4.69) is 0 Å². The Morgan fingerprint density at radius 3 is 0.949 bits per heavy atom. The zero-order valence-corrected chi connectivity index (χ0v) is 24.1. The lowest BCUT2D eigenvalue weighted by molar-refractivity contribution is 0.108. The zero-order chi connectivity index (χ0) is 27.4. The van der Waals surface area contributed by atoms with E-state index in [4.69, 9.17) is 0 Å². The molecule has 0 heterocycles. The Balaban J connectivity index is 1.67. The molecular formula is C35H30O2P2. The minimum atomic E-state index is -1.31. The smallest absolute Gasteiger partial charge is 0.193 e. The predicted octanol–water partition coefficient (Wildman–Crippen LogP) is 7.16. The topological polar surface area (TPSA) is 34.1 Å². The quantitative estimate of drug-likeness (QED) is 0.194. The second-order valence-electron chi connectivity index (χ2n) is 9.51. The summed E-state index contributed by atoms with van der Waals surface area (Å²) in [5, 5.41) is 4.03. The normalized spacial score (nSPS) is 11.1. The second-order valence-corrected chi connectivity index (χ2v) is 13.7. The highest BCUT2D eigenvalue weighted by molar-refractivity contribution is 7.88. The minimum Gasteiger partial charge on any atom is -0.288 e. The van der Waals surface area contributed by atoms with E-state index in [0.717, 1.165) is 37.9 Å². The van der Waals surface area contributed by atoms with Crippen molar-refractivity contribution in [2.75, 3.05) is 0 Å². The van der Waals surface area contributed by atoms with Gasteiger partial charge in [0.05, 0.1) is 0 Å². The summed E-state index contributed by atoms with van der Waals surface area (Å²) < 4.78 is 0. The first kappa shape index (κ1) is 26.9. The van der Waals surface area contributed by atoms with E-state index in [1.165, 1.54) is 0 Å². The molecule has 0 unspecified atom stereocenters. The molecule has 0 radical (unpaired) electrons. The summed E-state index contributed by atoms with van der Waals surface area (Å²) in [5.74, 6) is 0. The lowest BCUT2D eigenvalue weighted by atomic mass is 9.94. The predicted molar refractivity (Wildman–Crippen MR) is 167 cm³/mol. The fourth-order valence-corrected chi connectivity index (χ4v) is 9.69. The molecule has 0 spiro atoms. The molecule has 0 saturated heterocycles. The molecule has 0 aromatic heterocycles. The molecule has 0 atom stereocenters. The van der Waals surface area contributed by atoms with Crippen molar-refractivity contribution in [1.29, 1.82) is 0 Å². The molecule has 0 aliphatic heterocycles. The van der Waals surface area contributed by atoms with E-state index >= 15 is 0 Å². The van der Waals surface area contributed by atoms with E-state index in [-0.39, 0.29) is 11.0 Å². The molecule has 0 fully saturated rings. The van der Waals surface area contributed by atoms with Crippen molar-refractivity contribution in [2.24, 2.45) is 0 Å². The third kappa shape index (κ3) is 5.55. The van der Waals surface area contributed by atoms with E-state index in [0.29, 0.717) is 11.1 Å². The van der Waals surface area contributed by atoms with Gasteiger partial charge in [-0.15, -0.1) is 0 Å². The van der Waals surface area contributed by atoms with Crippen LogP contribution in [0.3, 0.4) is 0 Å². The number of carbonyl (C=O) groups excluding carboxylic acids is 2. The first-order valence-corrected chi connectivity index (χ1v) is 15.7. The maximum Gasteiger partial charge on any atom is 0.193 e. The Morgan fingerprint density at radius 2 is 0.692 bits per heavy atom. The zero-order valence-electron chi connectivity index (χ0n) is 22.3. The second kappa shape index (κ2) is 12.0. The monoisotopic (exact) mass is 544 g/mol. The lowest BCUT2D eigenvalue weighted by Gasteiger charge is -2.24. The van der Waals surface area contributed by atoms with Crippen LogP contribution in [-0.2, 0) is 0 Å². The van der Waals surface area contributed by atoms with Crippen LogP contribution in [0, 0.1) is 20.8 Å². The largest absolute Gasteiger partial charge is 0.288 e. The van der Waals surface area contributed by atoms with Crippen LogP contribution in [0.2, 0.25) is 0 Å². The maximum atomic E-state index is 14.5. The van der Waals surface area contributed by atoms with Gasteiger partial charge in [0.1, 0.15) is 0 Å². The van der Waals surface area contributed by atoms with Gasteiger partial charge in [-0.3, -0.25) is 9.59 Å². The number of hydrogen-bond acceptors (Lipinski definition) is 2. The summed E-state index contributed by atoms with van der Waals surface area (Å²) in [5.41, 5.74) is 4.09. The number of aryl methyl sites for hydroxylation is 2. The summed E-state index contributed by atoms with van der Waals surface area (Å²) in [6.45, 7) is 5.93. The van der Waals surface area contributed by atoms with Gasteiger partial charge in [0, 0.05) is 27.0 Å². The molecule has 0 bridgehead atoms. The van der Waals surface area contributed by atoms with Crippen LogP contribution in [0.5, 0.6) is 0 Å². The van der Waals surface area contributed by atoms with Crippen molar-refractivity contribution < 1.29 is 9.59 Å². The van der Waals surface area contributed by atoms with Crippen LogP contribution in [0.1, 0.15) is 37.4 Å². The molecular weight excluding hydrogens is 514 g/mol. The van der Waals surface area contributed by atoms with Gasteiger partial charge in [0.2, 0.25) is 0 Å². The number of rotatable bonds is 8. The van der Waals surface area contributed by atoms with E-state index in [1.807, 2.05) is 148 Å². The average molecular weight is 545 g/mol. The minimum absolute atomic E-state index is 0.0789. The van der Waals surface area contributed by atoms with Crippen LogP contribution in [0.15, 0.2) is 127 Å². The Kier molecular flexibility index (Phi) is 8.27. The van der Waals surface area contributed by atoms with Crippen molar-refractivity contribution in [3.05, 3.63) is 155 Å². The van der Waals surface area contributed by atoms with Crippen LogP contribution in [-0.4, -0.2) is 11.0 Å². The molecule has 192 valence electrons. The van der Waals surface area contributed by atoms with Gasteiger partial charge >= 0.3 is 0 Å². The number of carbonyl (C=O) groups is 2. The van der Waals surface area contributed by atoms with Gasteiger partial charge in [0.25, 0.3) is 0 Å². The Labute approximate surface area is 233 Å². The van der Waals surface area contributed by atoms with Gasteiger partial charge in [-0.25, -0.2) is 0 Å². The summed E-state index contributed by atoms with van der Waals surface area (Å²) in [4.78, 5) is 29.0. The fraction of sp³-hybridized carbons (Fsp3) is 0.0857. The molecule has 0 N–H and O–H groups in total. The molecule has 2 nitrogen and oxygen atoms in total. The maximum absolute atomic E-state index is 14.5. The molecule has 39 heavy (non-hydrogen) atoms. The number of hydrogen-bond donors (Lipinski definition) is 0. The average Bonchev–Trinajstić information content (AvgIpc) is 2.95. The van der Waals surface area contributed by atoms with Gasteiger partial charge in [-0.05, 0) is 58.7 Å². The summed E-state index contributed by atoms with van der Waals surface area (Å²) in [6.07, 6.45) is 0. The van der Waals surface area contributed by atoms with Crippen molar-refractivity contribution in [3.8, 4) is 0 Å². The molecule has 0 aliphatic carbocycles. The van der Waals surface area contributed by atoms with Gasteiger partial charge in [-0.2, -0.15) is 0 Å². The molecule has 4 heteroatoms. The Hall–Kier alpha value is -3.70. The number of benzene rings is 5. The molecule has 0 saturated carbocycles. The first-order chi connectivity index (χ1) is 19.0. The first-order valence-electron chi connectivity index (χ1n) is 13.0. The SMILES string of the molecule is Cc1cc(C)c(C(=O)P(c2ccccc2)c2ccccc2)c(C)c1C(=O)P(c1ccccc1)c1ccccc1. The van der Waals surface area contributed by atoms with Crippen LogP contribution in [0.4, 0.5) is 0 Å². The molecule has 0 amide bonds. The summed E-state index contributed by atoms with van der Waals surface area (Å²) in [7, 11) is -2.62. The third-order valence-corrected chi connectivity index (χ3v) is 11.4. The highest BCUT2D eigenvalue weighted by Crippen LogP contribution is 2.44. The highest BCUT2D eigenvalue weighted by Gasteiger charge is 2.31. The van der Waals surface area contributed by atoms with Crippen molar-refractivity contribution in [1.82, 2.24) is 0 Å². The standard InChI is InChI=1S/C35H30O2P2/c1-25-24-26(2)33(35(37)39(30-20-12-6-13-21-30)31-22-14-7-15-23-31)27(3)32(25)34(36)38(28-16-8-4-9-17-28)29-18-10-5-11-19-29/h4-24H,1-3H3. The van der Waals surface area contributed by atoms with Gasteiger partial charge in [0.15, 0.2) is 11.0 Å². The van der Waals surface area contributed by atoms with E-state index in [1.54, 1.807) is 0 Å². The molecule has 5 aromatic carbocycles.